The Hall–Kier alpha value is -1.75. The number of urea groups is 1. The van der Waals surface area contributed by atoms with Gasteiger partial charge in [0.2, 0.25) is 0 Å². The fraction of sp³-hybridized carbons (Fsp3) is 0.562. The quantitative estimate of drug-likeness (QED) is 0.892. The van der Waals surface area contributed by atoms with Gasteiger partial charge < -0.3 is 20.3 Å². The van der Waals surface area contributed by atoms with E-state index in [1.165, 1.54) is 0 Å². The summed E-state index contributed by atoms with van der Waals surface area (Å²) >= 11 is 0. The van der Waals surface area contributed by atoms with Crippen molar-refractivity contribution in [2.24, 2.45) is 0 Å². The van der Waals surface area contributed by atoms with E-state index in [4.69, 9.17) is 4.74 Å². The predicted molar refractivity (Wildman–Crippen MR) is 82.4 cm³/mol. The van der Waals surface area contributed by atoms with Gasteiger partial charge in [-0.3, -0.25) is 0 Å². The van der Waals surface area contributed by atoms with Crippen LogP contribution in [0.4, 0.5) is 10.5 Å². The maximum absolute atomic E-state index is 12.1. The van der Waals surface area contributed by atoms with E-state index in [0.29, 0.717) is 12.6 Å². The van der Waals surface area contributed by atoms with Crippen LogP contribution >= 0.6 is 0 Å². The maximum atomic E-state index is 12.1. The van der Waals surface area contributed by atoms with Gasteiger partial charge in [0.15, 0.2) is 0 Å². The number of rotatable bonds is 4. The van der Waals surface area contributed by atoms with Crippen molar-refractivity contribution in [1.29, 1.82) is 0 Å². The van der Waals surface area contributed by atoms with Gasteiger partial charge in [0.1, 0.15) is 0 Å². The van der Waals surface area contributed by atoms with Gasteiger partial charge in [-0.15, -0.1) is 0 Å². The Balaban J connectivity index is 1.42. The Kier molecular flexibility index (Phi) is 4.60. The summed E-state index contributed by atoms with van der Waals surface area (Å²) in [6.07, 6.45) is 3.35. The summed E-state index contributed by atoms with van der Waals surface area (Å²) < 4.78 is 5.52. The number of hydrogen-bond acceptors (Lipinski definition) is 3. The van der Waals surface area contributed by atoms with Crippen molar-refractivity contribution in [2.45, 2.75) is 31.4 Å². The maximum Gasteiger partial charge on any atom is 0.317 e. The van der Waals surface area contributed by atoms with Crippen molar-refractivity contribution in [1.82, 2.24) is 10.2 Å². The van der Waals surface area contributed by atoms with Crippen LogP contribution in [0.3, 0.4) is 0 Å². The van der Waals surface area contributed by atoms with Crippen LogP contribution in [-0.4, -0.2) is 49.3 Å². The lowest BCUT2D eigenvalue weighted by Gasteiger charge is -2.19. The minimum Gasteiger partial charge on any atom is -0.380 e. The highest BCUT2D eigenvalue weighted by Gasteiger charge is 2.26. The molecule has 2 atom stereocenters. The number of carbonyl (C=O) groups is 1. The third-order valence-corrected chi connectivity index (χ3v) is 4.12. The summed E-state index contributed by atoms with van der Waals surface area (Å²) in [4.78, 5) is 14.0. The van der Waals surface area contributed by atoms with Gasteiger partial charge in [-0.1, -0.05) is 18.2 Å². The Morgan fingerprint density at radius 2 is 2.14 bits per heavy atom. The van der Waals surface area contributed by atoms with Crippen LogP contribution in [0.1, 0.15) is 19.3 Å². The zero-order chi connectivity index (χ0) is 14.5. The number of para-hydroxylation sites is 1. The number of likely N-dealkylation sites (tertiary alicyclic amines) is 1. The van der Waals surface area contributed by atoms with Gasteiger partial charge in [0, 0.05) is 38.0 Å². The molecule has 0 radical (unpaired) electrons. The fourth-order valence-electron chi connectivity index (χ4n) is 2.95. The van der Waals surface area contributed by atoms with Crippen molar-refractivity contribution in [3.8, 4) is 0 Å². The Morgan fingerprint density at radius 3 is 2.90 bits per heavy atom. The first-order chi connectivity index (χ1) is 10.3. The molecular weight excluding hydrogens is 266 g/mol. The van der Waals surface area contributed by atoms with Crippen molar-refractivity contribution in [2.75, 3.05) is 31.6 Å². The molecule has 2 heterocycles. The van der Waals surface area contributed by atoms with Gasteiger partial charge in [0.05, 0.1) is 6.10 Å². The molecule has 21 heavy (non-hydrogen) atoms. The van der Waals surface area contributed by atoms with Crippen molar-refractivity contribution >= 4 is 11.7 Å². The van der Waals surface area contributed by atoms with Crippen molar-refractivity contribution in [3.63, 3.8) is 0 Å². The summed E-state index contributed by atoms with van der Waals surface area (Å²) in [5, 5.41) is 6.46. The first kappa shape index (κ1) is 14.2. The van der Waals surface area contributed by atoms with E-state index in [0.717, 1.165) is 44.6 Å². The van der Waals surface area contributed by atoms with Crippen LogP contribution < -0.4 is 10.6 Å². The number of anilines is 1. The Bertz CT molecular complexity index is 460. The lowest BCUT2D eigenvalue weighted by Crippen LogP contribution is -2.42. The molecule has 114 valence electrons. The molecule has 0 aromatic heterocycles. The number of nitrogens with zero attached hydrogens (tertiary/aromatic N) is 1. The third-order valence-electron chi connectivity index (χ3n) is 4.12. The van der Waals surface area contributed by atoms with Gasteiger partial charge in [-0.05, 0) is 31.4 Å². The normalized spacial score (nSPS) is 25.0. The summed E-state index contributed by atoms with van der Waals surface area (Å²) in [6, 6.07) is 10.5. The number of nitrogens with one attached hydrogen (secondary N) is 2. The molecule has 0 saturated carbocycles. The molecular formula is C16H23N3O2. The first-order valence-corrected chi connectivity index (χ1v) is 7.77. The van der Waals surface area contributed by atoms with Crippen LogP contribution in [0, 0.1) is 0 Å². The van der Waals surface area contributed by atoms with E-state index in [2.05, 4.69) is 22.8 Å². The molecule has 2 saturated heterocycles. The highest BCUT2D eigenvalue weighted by molar-refractivity contribution is 5.74. The fourth-order valence-corrected chi connectivity index (χ4v) is 2.95. The molecule has 2 aliphatic heterocycles. The molecule has 0 spiro atoms. The molecule has 2 fully saturated rings. The van der Waals surface area contributed by atoms with E-state index in [-0.39, 0.29) is 12.1 Å². The van der Waals surface area contributed by atoms with Crippen LogP contribution in [0.25, 0.3) is 0 Å². The first-order valence-electron chi connectivity index (χ1n) is 7.77. The zero-order valence-electron chi connectivity index (χ0n) is 12.3. The lowest BCUT2D eigenvalue weighted by atomic mass is 10.2. The number of ether oxygens (including phenoxy) is 1. The molecule has 5 nitrogen and oxygen atoms in total. The van der Waals surface area contributed by atoms with Crippen LogP contribution in [0.15, 0.2) is 30.3 Å². The summed E-state index contributed by atoms with van der Waals surface area (Å²) in [5.41, 5.74) is 1.11. The second kappa shape index (κ2) is 6.80. The predicted octanol–water partition coefficient (Wildman–Crippen LogP) is 2.06. The summed E-state index contributed by atoms with van der Waals surface area (Å²) in [7, 11) is 0. The second-order valence-electron chi connectivity index (χ2n) is 5.76. The van der Waals surface area contributed by atoms with Crippen molar-refractivity contribution < 1.29 is 9.53 Å². The highest BCUT2D eigenvalue weighted by atomic mass is 16.5. The minimum atomic E-state index is 0.0304. The van der Waals surface area contributed by atoms with Gasteiger partial charge in [-0.25, -0.2) is 4.79 Å². The average molecular weight is 289 g/mol. The second-order valence-corrected chi connectivity index (χ2v) is 5.76. The molecule has 0 bridgehead atoms. The minimum absolute atomic E-state index is 0.0304. The largest absolute Gasteiger partial charge is 0.380 e. The van der Waals surface area contributed by atoms with Crippen LogP contribution in [0.2, 0.25) is 0 Å². The molecule has 0 unspecified atom stereocenters. The summed E-state index contributed by atoms with van der Waals surface area (Å²) in [5.74, 6) is 0. The van der Waals surface area contributed by atoms with E-state index < -0.39 is 0 Å². The number of benzene rings is 1. The number of carbonyl (C=O) groups excluding carboxylic acids is 1. The smallest absolute Gasteiger partial charge is 0.317 e. The monoisotopic (exact) mass is 289 g/mol. The average Bonchev–Trinajstić information content (AvgIpc) is 3.17. The zero-order valence-corrected chi connectivity index (χ0v) is 12.3. The molecule has 1 aromatic rings. The SMILES string of the molecule is O=C(NC[C@@H]1CCCO1)N1CC[C@H](Nc2ccccc2)C1. The molecule has 2 N–H and O–H groups in total. The lowest BCUT2D eigenvalue weighted by molar-refractivity contribution is 0.109. The molecule has 5 heteroatoms. The van der Waals surface area contributed by atoms with Crippen molar-refractivity contribution in [3.05, 3.63) is 30.3 Å². The number of hydrogen-bond donors (Lipinski definition) is 2. The standard InChI is InChI=1S/C16H23N3O2/c20-16(17-11-15-7-4-10-21-15)19-9-8-14(12-19)18-13-5-2-1-3-6-13/h1-3,5-6,14-15,18H,4,7-12H2,(H,17,20)/t14-,15-/m0/s1. The Labute approximate surface area is 125 Å². The van der Waals surface area contributed by atoms with Crippen LogP contribution in [-0.2, 0) is 4.74 Å². The molecule has 2 aliphatic rings. The van der Waals surface area contributed by atoms with Crippen LogP contribution in [0.5, 0.6) is 0 Å². The van der Waals surface area contributed by atoms with Gasteiger partial charge >= 0.3 is 6.03 Å². The van der Waals surface area contributed by atoms with E-state index >= 15 is 0 Å². The summed E-state index contributed by atoms with van der Waals surface area (Å²) in [6.45, 7) is 3.02. The van der Waals surface area contributed by atoms with Gasteiger partial charge in [0.25, 0.3) is 0 Å². The topological polar surface area (TPSA) is 53.6 Å². The number of amides is 2. The van der Waals surface area contributed by atoms with Gasteiger partial charge in [-0.2, -0.15) is 0 Å². The molecule has 2 amide bonds. The molecule has 0 aliphatic carbocycles. The molecule has 3 rings (SSSR count). The third kappa shape index (κ3) is 3.88. The van der Waals surface area contributed by atoms with E-state index in [1.54, 1.807) is 0 Å². The Morgan fingerprint density at radius 1 is 1.29 bits per heavy atom. The van der Waals surface area contributed by atoms with E-state index in [9.17, 15) is 4.79 Å². The highest BCUT2D eigenvalue weighted by Crippen LogP contribution is 2.16. The molecule has 1 aromatic carbocycles. The van der Waals surface area contributed by atoms with E-state index in [1.807, 2.05) is 23.1 Å².